The fraction of sp³-hybridized carbons (Fsp3) is 0.833. The molecule has 0 saturated carbocycles. The lowest BCUT2D eigenvalue weighted by Gasteiger charge is -2.12. The predicted molar refractivity (Wildman–Crippen MR) is 87.0 cm³/mol. The third-order valence-corrected chi connectivity index (χ3v) is 4.14. The van der Waals surface area contributed by atoms with Crippen molar-refractivity contribution in [1.82, 2.24) is 0 Å². The van der Waals surface area contributed by atoms with Gasteiger partial charge in [0.1, 0.15) is 0 Å². The van der Waals surface area contributed by atoms with Gasteiger partial charge < -0.3 is 5.11 Å². The summed E-state index contributed by atoms with van der Waals surface area (Å²) in [5, 5.41) is 8.83. The van der Waals surface area contributed by atoms with Crippen LogP contribution in [0.15, 0.2) is 11.6 Å². The number of carboxylic acids is 1. The third-order valence-electron chi connectivity index (χ3n) is 4.14. The minimum absolute atomic E-state index is 0.486. The summed E-state index contributed by atoms with van der Waals surface area (Å²) in [7, 11) is 0. The van der Waals surface area contributed by atoms with Gasteiger partial charge in [-0.1, -0.05) is 84.1 Å². The first-order chi connectivity index (χ1) is 9.61. The highest BCUT2D eigenvalue weighted by Gasteiger charge is 2.06. The van der Waals surface area contributed by atoms with E-state index in [0.29, 0.717) is 11.5 Å². The SMILES string of the molecule is CCCCCCCCCCC(CC)CC=C(C)C(=O)O. The van der Waals surface area contributed by atoms with Crippen LogP contribution in [-0.2, 0) is 4.79 Å². The van der Waals surface area contributed by atoms with Crippen LogP contribution in [0.2, 0.25) is 0 Å². The summed E-state index contributed by atoms with van der Waals surface area (Å²) in [5.74, 6) is -0.128. The molecule has 2 nitrogen and oxygen atoms in total. The monoisotopic (exact) mass is 282 g/mol. The average molecular weight is 282 g/mol. The topological polar surface area (TPSA) is 37.3 Å². The minimum Gasteiger partial charge on any atom is -0.478 e. The van der Waals surface area contributed by atoms with Crippen molar-refractivity contribution in [3.05, 3.63) is 11.6 Å². The van der Waals surface area contributed by atoms with Crippen molar-refractivity contribution in [2.75, 3.05) is 0 Å². The van der Waals surface area contributed by atoms with Crippen LogP contribution < -0.4 is 0 Å². The molecule has 0 aliphatic heterocycles. The Labute approximate surface area is 125 Å². The zero-order chi connectivity index (χ0) is 15.2. The quantitative estimate of drug-likeness (QED) is 0.334. The van der Waals surface area contributed by atoms with Gasteiger partial charge in [-0.3, -0.25) is 0 Å². The highest BCUT2D eigenvalue weighted by atomic mass is 16.4. The third kappa shape index (κ3) is 11.1. The summed E-state index contributed by atoms with van der Waals surface area (Å²) < 4.78 is 0. The number of hydrogen-bond acceptors (Lipinski definition) is 1. The lowest BCUT2D eigenvalue weighted by Crippen LogP contribution is -2.01. The number of carboxylic acid groups (broad SMARTS) is 1. The zero-order valence-corrected chi connectivity index (χ0v) is 13.8. The molecule has 1 N–H and O–H groups in total. The van der Waals surface area contributed by atoms with Crippen LogP contribution in [0.4, 0.5) is 0 Å². The van der Waals surface area contributed by atoms with E-state index in [1.807, 2.05) is 6.08 Å². The summed E-state index contributed by atoms with van der Waals surface area (Å²) in [6.07, 6.45) is 16.1. The predicted octanol–water partition coefficient (Wildman–Crippen LogP) is 5.96. The molecule has 0 bridgehead atoms. The van der Waals surface area contributed by atoms with Gasteiger partial charge in [0.25, 0.3) is 0 Å². The summed E-state index contributed by atoms with van der Waals surface area (Å²) in [6, 6.07) is 0. The number of carbonyl (C=O) groups is 1. The highest BCUT2D eigenvalue weighted by molar-refractivity contribution is 5.85. The van der Waals surface area contributed by atoms with Crippen molar-refractivity contribution in [3.8, 4) is 0 Å². The van der Waals surface area contributed by atoms with E-state index in [4.69, 9.17) is 5.11 Å². The molecule has 0 aromatic heterocycles. The fourth-order valence-corrected chi connectivity index (χ4v) is 2.49. The fourth-order valence-electron chi connectivity index (χ4n) is 2.49. The van der Waals surface area contributed by atoms with E-state index in [1.165, 1.54) is 57.8 Å². The van der Waals surface area contributed by atoms with Crippen LogP contribution in [0.5, 0.6) is 0 Å². The van der Waals surface area contributed by atoms with Gasteiger partial charge in [-0.15, -0.1) is 0 Å². The van der Waals surface area contributed by atoms with Crippen LogP contribution in [0.25, 0.3) is 0 Å². The van der Waals surface area contributed by atoms with E-state index in [9.17, 15) is 4.79 Å². The van der Waals surface area contributed by atoms with Crippen LogP contribution in [0, 0.1) is 5.92 Å². The molecule has 0 spiro atoms. The molecule has 118 valence electrons. The van der Waals surface area contributed by atoms with Crippen molar-refractivity contribution >= 4 is 5.97 Å². The standard InChI is InChI=1S/C18H34O2/c1-4-6-7-8-9-10-11-12-13-17(5-2)15-14-16(3)18(19)20/h14,17H,4-13,15H2,1-3H3,(H,19,20). The smallest absolute Gasteiger partial charge is 0.330 e. The van der Waals surface area contributed by atoms with Crippen LogP contribution in [0.1, 0.15) is 91.4 Å². The van der Waals surface area contributed by atoms with E-state index >= 15 is 0 Å². The first kappa shape index (κ1) is 19.2. The molecule has 0 aliphatic carbocycles. The Kier molecular flexibility index (Phi) is 12.7. The van der Waals surface area contributed by atoms with Crippen molar-refractivity contribution in [2.24, 2.45) is 5.92 Å². The number of unbranched alkanes of at least 4 members (excludes halogenated alkanes) is 7. The number of aliphatic carboxylic acids is 1. The second kappa shape index (κ2) is 13.2. The molecule has 2 heteroatoms. The Morgan fingerprint density at radius 3 is 2.05 bits per heavy atom. The molecule has 20 heavy (non-hydrogen) atoms. The van der Waals surface area contributed by atoms with Crippen LogP contribution in [-0.4, -0.2) is 11.1 Å². The summed E-state index contributed by atoms with van der Waals surface area (Å²) >= 11 is 0. The van der Waals surface area contributed by atoms with Gasteiger partial charge in [0.2, 0.25) is 0 Å². The molecule has 0 saturated heterocycles. The van der Waals surface area contributed by atoms with Crippen molar-refractivity contribution in [3.63, 3.8) is 0 Å². The Hall–Kier alpha value is -0.790. The molecular formula is C18H34O2. The van der Waals surface area contributed by atoms with Gasteiger partial charge >= 0.3 is 5.97 Å². The molecule has 0 radical (unpaired) electrons. The number of rotatable bonds is 13. The first-order valence-electron chi connectivity index (χ1n) is 8.51. The van der Waals surface area contributed by atoms with Gasteiger partial charge in [-0.25, -0.2) is 4.79 Å². The molecule has 0 heterocycles. The molecule has 1 atom stereocenters. The highest BCUT2D eigenvalue weighted by Crippen LogP contribution is 2.19. The normalized spacial score (nSPS) is 13.4. The van der Waals surface area contributed by atoms with Gasteiger partial charge in [-0.05, 0) is 19.3 Å². The van der Waals surface area contributed by atoms with Crippen molar-refractivity contribution in [2.45, 2.75) is 91.4 Å². The Bertz CT molecular complexity index is 269. The Morgan fingerprint density at radius 1 is 1.00 bits per heavy atom. The molecule has 0 amide bonds. The maximum atomic E-state index is 10.7. The maximum Gasteiger partial charge on any atom is 0.330 e. The Balaban J connectivity index is 3.60. The minimum atomic E-state index is -0.785. The molecule has 0 fully saturated rings. The molecule has 0 rings (SSSR count). The van der Waals surface area contributed by atoms with Crippen molar-refractivity contribution in [1.29, 1.82) is 0 Å². The van der Waals surface area contributed by atoms with Crippen molar-refractivity contribution < 1.29 is 9.90 Å². The second-order valence-corrected chi connectivity index (χ2v) is 5.97. The zero-order valence-electron chi connectivity index (χ0n) is 13.8. The molecular weight excluding hydrogens is 248 g/mol. The summed E-state index contributed by atoms with van der Waals surface area (Å²) in [5.41, 5.74) is 0.486. The summed E-state index contributed by atoms with van der Waals surface area (Å²) in [6.45, 7) is 6.15. The maximum absolute atomic E-state index is 10.7. The van der Waals surface area contributed by atoms with Gasteiger partial charge in [-0.2, -0.15) is 0 Å². The van der Waals surface area contributed by atoms with Gasteiger partial charge in [0, 0.05) is 5.57 Å². The van der Waals surface area contributed by atoms with E-state index in [-0.39, 0.29) is 0 Å². The van der Waals surface area contributed by atoms with Crippen LogP contribution in [0.3, 0.4) is 0 Å². The van der Waals surface area contributed by atoms with E-state index in [2.05, 4.69) is 13.8 Å². The average Bonchev–Trinajstić information content (AvgIpc) is 2.44. The lowest BCUT2D eigenvalue weighted by molar-refractivity contribution is -0.132. The second-order valence-electron chi connectivity index (χ2n) is 5.97. The lowest BCUT2D eigenvalue weighted by atomic mass is 9.94. The first-order valence-corrected chi connectivity index (χ1v) is 8.51. The van der Waals surface area contributed by atoms with Gasteiger partial charge in [0.15, 0.2) is 0 Å². The molecule has 1 unspecified atom stereocenters. The molecule has 0 aliphatic rings. The molecule has 0 aromatic carbocycles. The largest absolute Gasteiger partial charge is 0.478 e. The van der Waals surface area contributed by atoms with E-state index < -0.39 is 5.97 Å². The number of hydrogen-bond donors (Lipinski definition) is 1. The number of allylic oxidation sites excluding steroid dienone is 1. The van der Waals surface area contributed by atoms with E-state index in [1.54, 1.807) is 6.92 Å². The Morgan fingerprint density at radius 2 is 1.55 bits per heavy atom. The van der Waals surface area contributed by atoms with E-state index in [0.717, 1.165) is 12.8 Å². The summed E-state index contributed by atoms with van der Waals surface area (Å²) in [4.78, 5) is 10.7. The molecule has 0 aromatic rings. The van der Waals surface area contributed by atoms with Gasteiger partial charge in [0.05, 0.1) is 0 Å². The van der Waals surface area contributed by atoms with Crippen LogP contribution >= 0.6 is 0 Å².